The summed E-state index contributed by atoms with van der Waals surface area (Å²) in [4.78, 5) is 12.3. The predicted molar refractivity (Wildman–Crippen MR) is 106 cm³/mol. The molecule has 3 rings (SSSR count). The highest BCUT2D eigenvalue weighted by Gasteiger charge is 2.16. The Labute approximate surface area is 160 Å². The molecule has 0 fully saturated rings. The Morgan fingerprint density at radius 2 is 1.77 bits per heavy atom. The van der Waals surface area contributed by atoms with Crippen LogP contribution >= 0.6 is 15.9 Å². The third kappa shape index (κ3) is 3.42. The van der Waals surface area contributed by atoms with Crippen LogP contribution in [0.5, 0.6) is 5.88 Å². The maximum Gasteiger partial charge on any atom is 0.295 e. The first-order chi connectivity index (χ1) is 12.2. The van der Waals surface area contributed by atoms with Crippen LogP contribution in [-0.2, 0) is 12.5 Å². The Bertz CT molecular complexity index is 1010. The fraction of sp³-hybridized carbons (Fsp3) is 0.250. The number of azo groups is 1. The van der Waals surface area contributed by atoms with Gasteiger partial charge in [-0.3, -0.25) is 4.79 Å². The van der Waals surface area contributed by atoms with E-state index < -0.39 is 5.91 Å². The Balaban J connectivity index is 1.93. The van der Waals surface area contributed by atoms with E-state index in [1.54, 1.807) is 23.7 Å². The van der Waals surface area contributed by atoms with Gasteiger partial charge in [-0.15, -0.1) is 10.2 Å². The van der Waals surface area contributed by atoms with Gasteiger partial charge in [-0.2, -0.15) is 0 Å². The summed E-state index contributed by atoms with van der Waals surface area (Å²) in [7, 11) is 1.73. The molecule has 0 aliphatic rings. The molecule has 1 N–H and O–H groups in total. The summed E-state index contributed by atoms with van der Waals surface area (Å²) in [5.41, 5.74) is 2.71. The molecule has 0 aliphatic heterocycles. The molecule has 0 radical (unpaired) electrons. The molecule has 134 valence electrons. The maximum atomic E-state index is 12.3. The van der Waals surface area contributed by atoms with Crippen molar-refractivity contribution >= 4 is 38.4 Å². The summed E-state index contributed by atoms with van der Waals surface area (Å²) in [6, 6.07) is 12.9. The number of aromatic nitrogens is 1. The average Bonchev–Trinajstić information content (AvgIpc) is 2.82. The molecule has 1 aromatic heterocycles. The summed E-state index contributed by atoms with van der Waals surface area (Å²) in [6.45, 7) is 6.35. The smallest absolute Gasteiger partial charge is 0.295 e. The van der Waals surface area contributed by atoms with Crippen molar-refractivity contribution in [2.45, 2.75) is 26.2 Å². The molecule has 0 saturated carbocycles. The van der Waals surface area contributed by atoms with Crippen LogP contribution in [0.3, 0.4) is 0 Å². The van der Waals surface area contributed by atoms with Gasteiger partial charge in [0.15, 0.2) is 5.69 Å². The first kappa shape index (κ1) is 18.3. The minimum Gasteiger partial charge on any atom is -0.493 e. The van der Waals surface area contributed by atoms with E-state index in [-0.39, 0.29) is 17.0 Å². The lowest BCUT2D eigenvalue weighted by Gasteiger charge is -2.18. The normalized spacial score (nSPS) is 12.2. The highest BCUT2D eigenvalue weighted by Crippen LogP contribution is 2.39. The number of benzene rings is 2. The summed E-state index contributed by atoms with van der Waals surface area (Å²) >= 11 is 3.41. The monoisotopic (exact) mass is 413 g/mol. The second kappa shape index (κ2) is 6.68. The predicted octanol–water partition coefficient (Wildman–Crippen LogP) is 5.87. The molecule has 6 heteroatoms. The number of carbonyl (C=O) groups excluding carboxylic acids is 1. The summed E-state index contributed by atoms with van der Waals surface area (Å²) in [6.07, 6.45) is 0. The van der Waals surface area contributed by atoms with Crippen LogP contribution in [0.2, 0.25) is 0 Å². The average molecular weight is 414 g/mol. The number of aryl methyl sites for hydroxylation is 1. The number of hydrogen-bond acceptors (Lipinski definition) is 3. The molecule has 0 aliphatic carbocycles. The molecule has 5 nitrogen and oxygen atoms in total. The van der Waals surface area contributed by atoms with Crippen LogP contribution in [0.4, 0.5) is 5.69 Å². The van der Waals surface area contributed by atoms with Crippen molar-refractivity contribution in [2.75, 3.05) is 0 Å². The van der Waals surface area contributed by atoms with Crippen LogP contribution in [0, 0.1) is 0 Å². The molecule has 2 aromatic carbocycles. The van der Waals surface area contributed by atoms with Gasteiger partial charge in [0.1, 0.15) is 0 Å². The quantitative estimate of drug-likeness (QED) is 0.533. The van der Waals surface area contributed by atoms with Crippen LogP contribution in [-0.4, -0.2) is 15.6 Å². The minimum atomic E-state index is -0.447. The van der Waals surface area contributed by atoms with E-state index in [0.717, 1.165) is 20.9 Å². The maximum absolute atomic E-state index is 12.3. The van der Waals surface area contributed by atoms with Crippen molar-refractivity contribution in [3.05, 3.63) is 58.1 Å². The Morgan fingerprint density at radius 3 is 2.38 bits per heavy atom. The van der Waals surface area contributed by atoms with Gasteiger partial charge in [0.25, 0.3) is 5.91 Å². The molecule has 0 saturated heterocycles. The summed E-state index contributed by atoms with van der Waals surface area (Å²) < 4.78 is 2.47. The summed E-state index contributed by atoms with van der Waals surface area (Å²) in [5, 5.41) is 18.9. The van der Waals surface area contributed by atoms with Crippen molar-refractivity contribution in [3.63, 3.8) is 0 Å². The zero-order valence-corrected chi connectivity index (χ0v) is 16.7. The van der Waals surface area contributed by atoms with Gasteiger partial charge in [-0.25, -0.2) is 0 Å². The van der Waals surface area contributed by atoms with Crippen LogP contribution in [0.1, 0.15) is 36.7 Å². The second-order valence-electron chi connectivity index (χ2n) is 7.23. The largest absolute Gasteiger partial charge is 0.493 e. The third-order valence-electron chi connectivity index (χ3n) is 4.34. The van der Waals surface area contributed by atoms with Crippen molar-refractivity contribution in [1.29, 1.82) is 0 Å². The highest BCUT2D eigenvalue weighted by atomic mass is 79.9. The van der Waals surface area contributed by atoms with Crippen LogP contribution < -0.4 is 0 Å². The van der Waals surface area contributed by atoms with Gasteiger partial charge in [-0.05, 0) is 41.3 Å². The molecular formula is C20H20BrN3O2. The lowest BCUT2D eigenvalue weighted by atomic mass is 9.87. The molecule has 26 heavy (non-hydrogen) atoms. The molecule has 3 aromatic rings. The summed E-state index contributed by atoms with van der Waals surface area (Å²) in [5.74, 6) is -0.477. The number of nitrogens with zero attached hydrogens (tertiary/aromatic N) is 3. The minimum absolute atomic E-state index is 0.0191. The Hall–Kier alpha value is -2.47. The van der Waals surface area contributed by atoms with Gasteiger partial charge < -0.3 is 9.67 Å². The van der Waals surface area contributed by atoms with Gasteiger partial charge in [0.2, 0.25) is 5.88 Å². The van der Waals surface area contributed by atoms with Gasteiger partial charge in [0, 0.05) is 22.5 Å². The topological polar surface area (TPSA) is 66.9 Å². The standard InChI is InChI=1S/C20H20BrN3O2/c1-20(2,3)13-7-5-12(6-8-13)18(25)23-22-17-15-11-14(21)9-10-16(15)24(4)19(17)26/h5-11,26H,1-4H3. The third-order valence-corrected chi connectivity index (χ3v) is 4.84. The van der Waals surface area contributed by atoms with E-state index in [2.05, 4.69) is 46.9 Å². The van der Waals surface area contributed by atoms with E-state index >= 15 is 0 Å². The zero-order valence-electron chi connectivity index (χ0n) is 15.1. The molecule has 1 heterocycles. The van der Waals surface area contributed by atoms with Crippen molar-refractivity contribution in [3.8, 4) is 5.88 Å². The van der Waals surface area contributed by atoms with Gasteiger partial charge in [-0.1, -0.05) is 48.8 Å². The number of rotatable bonds is 2. The van der Waals surface area contributed by atoms with Gasteiger partial charge in [0.05, 0.1) is 5.52 Å². The number of aromatic hydroxyl groups is 1. The number of amides is 1. The van der Waals surface area contributed by atoms with E-state index in [1.165, 1.54) is 0 Å². The van der Waals surface area contributed by atoms with E-state index in [4.69, 9.17) is 0 Å². The Kier molecular flexibility index (Phi) is 4.71. The molecule has 1 amide bonds. The van der Waals surface area contributed by atoms with E-state index in [0.29, 0.717) is 5.56 Å². The van der Waals surface area contributed by atoms with E-state index in [1.807, 2.05) is 30.3 Å². The van der Waals surface area contributed by atoms with Gasteiger partial charge >= 0.3 is 0 Å². The fourth-order valence-electron chi connectivity index (χ4n) is 2.75. The van der Waals surface area contributed by atoms with E-state index in [9.17, 15) is 9.90 Å². The lowest BCUT2D eigenvalue weighted by molar-refractivity contribution is 0.0995. The lowest BCUT2D eigenvalue weighted by Crippen LogP contribution is -2.11. The van der Waals surface area contributed by atoms with Crippen molar-refractivity contribution in [2.24, 2.45) is 17.3 Å². The zero-order chi connectivity index (χ0) is 19.1. The SMILES string of the molecule is Cn1c(O)c(N=NC(=O)c2ccc(C(C)(C)C)cc2)c2cc(Br)ccc21. The molecule has 0 spiro atoms. The Morgan fingerprint density at radius 1 is 1.12 bits per heavy atom. The van der Waals surface area contributed by atoms with Crippen molar-refractivity contribution < 1.29 is 9.90 Å². The second-order valence-corrected chi connectivity index (χ2v) is 8.14. The first-order valence-corrected chi connectivity index (χ1v) is 9.01. The fourth-order valence-corrected chi connectivity index (χ4v) is 3.11. The molecular weight excluding hydrogens is 394 g/mol. The molecule has 0 bridgehead atoms. The number of fused-ring (bicyclic) bond motifs is 1. The first-order valence-electron chi connectivity index (χ1n) is 8.22. The van der Waals surface area contributed by atoms with Crippen LogP contribution in [0.15, 0.2) is 57.2 Å². The number of halogens is 1. The molecule has 0 atom stereocenters. The number of carbonyl (C=O) groups is 1. The highest BCUT2D eigenvalue weighted by molar-refractivity contribution is 9.10. The van der Waals surface area contributed by atoms with Crippen molar-refractivity contribution in [1.82, 2.24) is 4.57 Å². The number of hydrogen-bond donors (Lipinski definition) is 1. The van der Waals surface area contributed by atoms with Crippen LogP contribution in [0.25, 0.3) is 10.9 Å². The molecule has 0 unspecified atom stereocenters.